The van der Waals surface area contributed by atoms with Gasteiger partial charge in [-0.1, -0.05) is 93.6 Å². The zero-order valence-corrected chi connectivity index (χ0v) is 16.3. The van der Waals surface area contributed by atoms with Crippen LogP contribution >= 0.6 is 0 Å². The molecule has 0 amide bonds. The standard InChI is InChI=1S/C25H32/c1-18(2)20(5)7-8-22-9-13-24(14-10-22)25-15-11-23(12-16-25)17-21(6)19(3)4/h9-16,19-20H,1,6-8,17H2,2-5H3. The lowest BCUT2D eigenvalue weighted by atomic mass is 9.94. The van der Waals surface area contributed by atoms with Crippen molar-refractivity contribution in [2.45, 2.75) is 47.0 Å². The lowest BCUT2D eigenvalue weighted by Crippen LogP contribution is -1.98. The average molecular weight is 333 g/mol. The van der Waals surface area contributed by atoms with Crippen LogP contribution in [0.15, 0.2) is 72.8 Å². The first-order valence-corrected chi connectivity index (χ1v) is 9.38. The summed E-state index contributed by atoms with van der Waals surface area (Å²) in [4.78, 5) is 0. The molecular formula is C25H32. The van der Waals surface area contributed by atoms with Gasteiger partial charge in [0.15, 0.2) is 0 Å². The Hall–Kier alpha value is -2.08. The maximum Gasteiger partial charge on any atom is -0.00672 e. The molecule has 0 aliphatic rings. The lowest BCUT2D eigenvalue weighted by molar-refractivity contribution is 0.615. The third-order valence-electron chi connectivity index (χ3n) is 5.20. The van der Waals surface area contributed by atoms with Crippen molar-refractivity contribution in [2.24, 2.45) is 11.8 Å². The number of benzene rings is 2. The third kappa shape index (κ3) is 5.74. The topological polar surface area (TPSA) is 0 Å². The van der Waals surface area contributed by atoms with Crippen LogP contribution in [-0.4, -0.2) is 0 Å². The summed E-state index contributed by atoms with van der Waals surface area (Å²) in [5, 5.41) is 0. The third-order valence-corrected chi connectivity index (χ3v) is 5.20. The van der Waals surface area contributed by atoms with Crippen molar-refractivity contribution >= 4 is 0 Å². The van der Waals surface area contributed by atoms with Crippen LogP contribution in [0.5, 0.6) is 0 Å². The summed E-state index contributed by atoms with van der Waals surface area (Å²) in [7, 11) is 0. The van der Waals surface area contributed by atoms with Gasteiger partial charge in [-0.05, 0) is 60.3 Å². The molecule has 0 aliphatic carbocycles. The van der Waals surface area contributed by atoms with Crippen LogP contribution in [0.2, 0.25) is 0 Å². The molecule has 2 rings (SSSR count). The Labute approximate surface area is 154 Å². The van der Waals surface area contributed by atoms with Crippen molar-refractivity contribution in [3.8, 4) is 11.1 Å². The van der Waals surface area contributed by atoms with Crippen molar-refractivity contribution in [2.75, 3.05) is 0 Å². The van der Waals surface area contributed by atoms with Crippen LogP contribution in [0, 0.1) is 11.8 Å². The molecule has 1 atom stereocenters. The molecule has 0 nitrogen and oxygen atoms in total. The largest absolute Gasteiger partial charge is 0.0999 e. The molecule has 0 saturated heterocycles. The maximum atomic E-state index is 4.17. The Bertz CT molecular complexity index is 699. The summed E-state index contributed by atoms with van der Waals surface area (Å²) in [6.07, 6.45) is 3.26. The predicted octanol–water partition coefficient (Wildman–Crippen LogP) is 7.25. The SMILES string of the molecule is C=C(Cc1ccc(-c2ccc(CCC(C)C(=C)C)cc2)cc1)C(C)C. The molecule has 0 aliphatic heterocycles. The number of allylic oxidation sites excluding steroid dienone is 2. The number of hydrogen-bond donors (Lipinski definition) is 0. The minimum Gasteiger partial charge on any atom is -0.0999 e. The van der Waals surface area contributed by atoms with Gasteiger partial charge in [0.05, 0.1) is 0 Å². The molecule has 0 saturated carbocycles. The van der Waals surface area contributed by atoms with E-state index in [1.807, 2.05) is 0 Å². The molecule has 0 heterocycles. The molecule has 0 N–H and O–H groups in total. The molecule has 0 aromatic heterocycles. The van der Waals surface area contributed by atoms with Crippen molar-refractivity contribution in [1.82, 2.24) is 0 Å². The van der Waals surface area contributed by atoms with Gasteiger partial charge < -0.3 is 0 Å². The first-order valence-electron chi connectivity index (χ1n) is 9.38. The molecule has 2 aromatic rings. The molecule has 1 unspecified atom stereocenters. The van der Waals surface area contributed by atoms with E-state index in [4.69, 9.17) is 0 Å². The average Bonchev–Trinajstić information content (AvgIpc) is 2.60. The van der Waals surface area contributed by atoms with E-state index in [1.165, 1.54) is 39.8 Å². The van der Waals surface area contributed by atoms with Crippen molar-refractivity contribution in [3.63, 3.8) is 0 Å². The molecule has 2 aromatic carbocycles. The number of rotatable bonds is 8. The van der Waals surface area contributed by atoms with Gasteiger partial charge in [0.2, 0.25) is 0 Å². The second-order valence-corrected chi connectivity index (χ2v) is 7.67. The first-order chi connectivity index (χ1) is 11.9. The van der Waals surface area contributed by atoms with Gasteiger partial charge in [0.25, 0.3) is 0 Å². The van der Waals surface area contributed by atoms with Crippen LogP contribution in [0.3, 0.4) is 0 Å². The van der Waals surface area contributed by atoms with E-state index >= 15 is 0 Å². The molecule has 0 heteroatoms. The summed E-state index contributed by atoms with van der Waals surface area (Å²) >= 11 is 0. The van der Waals surface area contributed by atoms with Crippen molar-refractivity contribution in [3.05, 3.63) is 84.0 Å². The molecule has 0 radical (unpaired) electrons. The zero-order valence-electron chi connectivity index (χ0n) is 16.3. The Kier molecular flexibility index (Phi) is 6.82. The van der Waals surface area contributed by atoms with Gasteiger partial charge in [-0.2, -0.15) is 0 Å². The second kappa shape index (κ2) is 8.85. The van der Waals surface area contributed by atoms with E-state index in [2.05, 4.69) is 89.4 Å². The maximum absolute atomic E-state index is 4.17. The van der Waals surface area contributed by atoms with Crippen LogP contribution in [0.25, 0.3) is 11.1 Å². The molecule has 25 heavy (non-hydrogen) atoms. The fraction of sp³-hybridized carbons (Fsp3) is 0.360. The lowest BCUT2D eigenvalue weighted by Gasteiger charge is -2.12. The van der Waals surface area contributed by atoms with E-state index in [1.54, 1.807) is 0 Å². The fourth-order valence-electron chi connectivity index (χ4n) is 2.77. The van der Waals surface area contributed by atoms with E-state index in [0.717, 1.165) is 12.8 Å². The monoisotopic (exact) mass is 332 g/mol. The Morgan fingerprint density at radius 3 is 1.72 bits per heavy atom. The van der Waals surface area contributed by atoms with Gasteiger partial charge in [-0.15, -0.1) is 0 Å². The minimum absolute atomic E-state index is 0.541. The molecule has 0 fully saturated rings. The van der Waals surface area contributed by atoms with Gasteiger partial charge in [0.1, 0.15) is 0 Å². The Morgan fingerprint density at radius 1 is 0.800 bits per heavy atom. The normalized spacial score (nSPS) is 12.2. The zero-order chi connectivity index (χ0) is 18.4. The molecule has 0 bridgehead atoms. The summed E-state index contributed by atoms with van der Waals surface area (Å²) in [5.74, 6) is 1.13. The Balaban J connectivity index is 1.99. The highest BCUT2D eigenvalue weighted by atomic mass is 14.1. The summed E-state index contributed by atoms with van der Waals surface area (Å²) < 4.78 is 0. The Morgan fingerprint density at radius 2 is 1.28 bits per heavy atom. The number of aryl methyl sites for hydroxylation is 1. The smallest absolute Gasteiger partial charge is 0.00672 e. The van der Waals surface area contributed by atoms with Crippen molar-refractivity contribution in [1.29, 1.82) is 0 Å². The highest BCUT2D eigenvalue weighted by Gasteiger charge is 2.05. The fourth-order valence-corrected chi connectivity index (χ4v) is 2.77. The summed E-state index contributed by atoms with van der Waals surface area (Å²) in [6.45, 7) is 17.0. The van der Waals surface area contributed by atoms with Crippen LogP contribution < -0.4 is 0 Å². The summed E-state index contributed by atoms with van der Waals surface area (Å²) in [5.41, 5.74) is 7.87. The minimum atomic E-state index is 0.541. The number of hydrogen-bond acceptors (Lipinski definition) is 0. The van der Waals surface area contributed by atoms with E-state index < -0.39 is 0 Å². The molecule has 132 valence electrons. The van der Waals surface area contributed by atoms with E-state index in [0.29, 0.717) is 11.8 Å². The van der Waals surface area contributed by atoms with Crippen LogP contribution in [0.4, 0.5) is 0 Å². The van der Waals surface area contributed by atoms with E-state index in [-0.39, 0.29) is 0 Å². The van der Waals surface area contributed by atoms with Crippen LogP contribution in [0.1, 0.15) is 45.2 Å². The highest BCUT2D eigenvalue weighted by Crippen LogP contribution is 2.23. The second-order valence-electron chi connectivity index (χ2n) is 7.67. The van der Waals surface area contributed by atoms with Gasteiger partial charge in [-0.3, -0.25) is 0 Å². The molecule has 0 spiro atoms. The van der Waals surface area contributed by atoms with Crippen molar-refractivity contribution < 1.29 is 0 Å². The van der Waals surface area contributed by atoms with Gasteiger partial charge >= 0.3 is 0 Å². The van der Waals surface area contributed by atoms with Gasteiger partial charge in [0, 0.05) is 0 Å². The molecular weight excluding hydrogens is 300 g/mol. The first kappa shape index (κ1) is 19.2. The predicted molar refractivity (Wildman–Crippen MR) is 112 cm³/mol. The van der Waals surface area contributed by atoms with Crippen LogP contribution in [-0.2, 0) is 12.8 Å². The summed E-state index contributed by atoms with van der Waals surface area (Å²) in [6, 6.07) is 17.9. The van der Waals surface area contributed by atoms with Gasteiger partial charge in [-0.25, -0.2) is 0 Å². The van der Waals surface area contributed by atoms with E-state index in [9.17, 15) is 0 Å². The quantitative estimate of drug-likeness (QED) is 0.446. The highest BCUT2D eigenvalue weighted by molar-refractivity contribution is 5.64.